The molecule has 0 aliphatic carbocycles. The average Bonchev–Trinajstić information content (AvgIpc) is 2.30. The second-order valence-electron chi connectivity index (χ2n) is 3.49. The normalized spacial score (nSPS) is 13.9. The lowest BCUT2D eigenvalue weighted by Crippen LogP contribution is -2.49. The number of nitrogens with one attached hydrogen (secondary N) is 2. The summed E-state index contributed by atoms with van der Waals surface area (Å²) >= 11 is 4.01. The highest BCUT2D eigenvalue weighted by Gasteiger charge is 2.18. The zero-order valence-corrected chi connectivity index (χ0v) is 11.3. The summed E-state index contributed by atoms with van der Waals surface area (Å²) in [5, 5.41) is 5.17. The summed E-state index contributed by atoms with van der Waals surface area (Å²) in [6.07, 6.45) is -0.207. The van der Waals surface area contributed by atoms with Crippen molar-refractivity contribution in [2.24, 2.45) is 0 Å². The first-order chi connectivity index (χ1) is 8.04. The van der Waals surface area contributed by atoms with Gasteiger partial charge in [-0.25, -0.2) is 0 Å². The van der Waals surface area contributed by atoms with E-state index in [1.54, 1.807) is 14.2 Å². The van der Waals surface area contributed by atoms with Crippen molar-refractivity contribution in [1.29, 1.82) is 0 Å². The zero-order chi connectivity index (χ0) is 13.3. The Kier molecular flexibility index (Phi) is 8.83. The number of hydrogen-bond acceptors (Lipinski definition) is 5. The fourth-order valence-electron chi connectivity index (χ4n) is 1.17. The van der Waals surface area contributed by atoms with Crippen molar-refractivity contribution < 1.29 is 19.1 Å². The third kappa shape index (κ3) is 7.19. The van der Waals surface area contributed by atoms with Gasteiger partial charge in [0.15, 0.2) is 0 Å². The third-order valence-electron chi connectivity index (χ3n) is 2.07. The molecule has 2 unspecified atom stereocenters. The van der Waals surface area contributed by atoms with Gasteiger partial charge in [0.25, 0.3) is 0 Å². The molecule has 0 aliphatic heterocycles. The Morgan fingerprint density at radius 2 is 2.00 bits per heavy atom. The van der Waals surface area contributed by atoms with Gasteiger partial charge in [-0.15, -0.1) is 0 Å². The molecule has 0 saturated heterocycles. The molecule has 0 radical (unpaired) electrons. The first-order valence-electron chi connectivity index (χ1n) is 5.22. The predicted octanol–water partition coefficient (Wildman–Crippen LogP) is -0.801. The number of thiol groups is 1. The Hall–Kier alpha value is -0.790. The van der Waals surface area contributed by atoms with Crippen molar-refractivity contribution in [1.82, 2.24) is 10.6 Å². The average molecular weight is 264 g/mol. The molecule has 2 N–H and O–H groups in total. The molecular weight excluding hydrogens is 244 g/mol. The number of methoxy groups -OCH3 is 2. The van der Waals surface area contributed by atoms with E-state index in [1.807, 2.05) is 0 Å². The molecule has 7 heteroatoms. The van der Waals surface area contributed by atoms with E-state index >= 15 is 0 Å². The molecule has 0 saturated carbocycles. The van der Waals surface area contributed by atoms with Crippen molar-refractivity contribution in [3.05, 3.63) is 0 Å². The Morgan fingerprint density at radius 1 is 1.35 bits per heavy atom. The first kappa shape index (κ1) is 16.2. The van der Waals surface area contributed by atoms with E-state index < -0.39 is 6.04 Å². The van der Waals surface area contributed by atoms with Gasteiger partial charge in [0.1, 0.15) is 6.04 Å². The second-order valence-corrected chi connectivity index (χ2v) is 3.86. The molecule has 0 aromatic carbocycles. The third-order valence-corrected chi connectivity index (χ3v) is 2.43. The lowest BCUT2D eigenvalue weighted by Gasteiger charge is -2.18. The van der Waals surface area contributed by atoms with E-state index in [2.05, 4.69) is 23.3 Å². The minimum Gasteiger partial charge on any atom is -0.382 e. The molecule has 2 atom stereocenters. The van der Waals surface area contributed by atoms with E-state index in [0.29, 0.717) is 13.2 Å². The Morgan fingerprint density at radius 3 is 2.41 bits per heavy atom. The van der Waals surface area contributed by atoms with Crippen LogP contribution in [0.1, 0.15) is 6.92 Å². The van der Waals surface area contributed by atoms with Gasteiger partial charge in [-0.1, -0.05) is 0 Å². The van der Waals surface area contributed by atoms with Gasteiger partial charge in [-0.05, 0) is 0 Å². The van der Waals surface area contributed by atoms with Gasteiger partial charge in [-0.3, -0.25) is 9.59 Å². The summed E-state index contributed by atoms with van der Waals surface area (Å²) in [5.74, 6) is -0.305. The van der Waals surface area contributed by atoms with Gasteiger partial charge in [0.05, 0.1) is 12.7 Å². The highest BCUT2D eigenvalue weighted by atomic mass is 32.1. The molecule has 0 aromatic heterocycles. The zero-order valence-electron chi connectivity index (χ0n) is 10.4. The second kappa shape index (κ2) is 9.26. The standard InChI is InChI=1S/C10H20N2O4S/c1-7(13)12-9(6-17)10(14)11-4-8(16-3)5-15-2/h8-9,17H,4-6H2,1-3H3,(H,11,14)(H,12,13). The summed E-state index contributed by atoms with van der Waals surface area (Å²) in [6.45, 7) is 2.07. The van der Waals surface area contributed by atoms with E-state index in [9.17, 15) is 9.59 Å². The smallest absolute Gasteiger partial charge is 0.243 e. The fourth-order valence-corrected chi connectivity index (χ4v) is 1.43. The van der Waals surface area contributed by atoms with Crippen LogP contribution in [0, 0.1) is 0 Å². The SMILES string of the molecule is COCC(CNC(=O)C(CS)NC(C)=O)OC. The summed E-state index contributed by atoms with van der Waals surface area (Å²) in [4.78, 5) is 22.5. The highest BCUT2D eigenvalue weighted by Crippen LogP contribution is 1.92. The van der Waals surface area contributed by atoms with Crippen molar-refractivity contribution in [2.45, 2.75) is 19.1 Å². The quantitative estimate of drug-likeness (QED) is 0.502. The molecule has 0 fully saturated rings. The van der Waals surface area contributed by atoms with Crippen LogP contribution in [0.5, 0.6) is 0 Å². The van der Waals surface area contributed by atoms with Gasteiger partial charge in [0, 0.05) is 33.4 Å². The topological polar surface area (TPSA) is 76.7 Å². The van der Waals surface area contributed by atoms with E-state index in [0.717, 1.165) is 0 Å². The molecule has 0 rings (SSSR count). The van der Waals surface area contributed by atoms with Gasteiger partial charge in [0.2, 0.25) is 11.8 Å². The Balaban J connectivity index is 4.08. The van der Waals surface area contributed by atoms with Crippen molar-refractivity contribution in [3.8, 4) is 0 Å². The molecule has 17 heavy (non-hydrogen) atoms. The van der Waals surface area contributed by atoms with Crippen molar-refractivity contribution in [2.75, 3.05) is 33.1 Å². The van der Waals surface area contributed by atoms with Crippen LogP contribution in [0.25, 0.3) is 0 Å². The van der Waals surface area contributed by atoms with Crippen LogP contribution < -0.4 is 10.6 Å². The van der Waals surface area contributed by atoms with Gasteiger partial charge >= 0.3 is 0 Å². The molecular formula is C10H20N2O4S. The van der Waals surface area contributed by atoms with Crippen LogP contribution in [0.3, 0.4) is 0 Å². The Bertz CT molecular complexity index is 250. The van der Waals surface area contributed by atoms with Crippen LogP contribution in [0.2, 0.25) is 0 Å². The summed E-state index contributed by atoms with van der Waals surface area (Å²) < 4.78 is 10.0. The lowest BCUT2D eigenvalue weighted by atomic mass is 10.3. The van der Waals surface area contributed by atoms with E-state index in [1.165, 1.54) is 6.92 Å². The van der Waals surface area contributed by atoms with E-state index in [4.69, 9.17) is 9.47 Å². The van der Waals surface area contributed by atoms with Crippen LogP contribution >= 0.6 is 12.6 Å². The van der Waals surface area contributed by atoms with E-state index in [-0.39, 0.29) is 23.7 Å². The highest BCUT2D eigenvalue weighted by molar-refractivity contribution is 7.80. The molecule has 100 valence electrons. The molecule has 6 nitrogen and oxygen atoms in total. The minimum atomic E-state index is -0.629. The molecule has 0 heterocycles. The van der Waals surface area contributed by atoms with Crippen LogP contribution in [0.15, 0.2) is 0 Å². The predicted molar refractivity (Wildman–Crippen MR) is 67.1 cm³/mol. The number of rotatable bonds is 8. The van der Waals surface area contributed by atoms with Gasteiger partial charge < -0.3 is 20.1 Å². The molecule has 2 amide bonds. The van der Waals surface area contributed by atoms with Gasteiger partial charge in [-0.2, -0.15) is 12.6 Å². The number of amides is 2. The monoisotopic (exact) mass is 264 g/mol. The number of carbonyl (C=O) groups excluding carboxylic acids is 2. The largest absolute Gasteiger partial charge is 0.382 e. The summed E-state index contributed by atoms with van der Waals surface area (Å²) in [7, 11) is 3.10. The van der Waals surface area contributed by atoms with Crippen molar-refractivity contribution >= 4 is 24.4 Å². The minimum absolute atomic E-state index is 0.207. The maximum Gasteiger partial charge on any atom is 0.243 e. The summed E-state index contributed by atoms with van der Waals surface area (Å²) in [6, 6.07) is -0.629. The molecule has 0 aliphatic rings. The Labute approximate surface area is 107 Å². The van der Waals surface area contributed by atoms with Crippen molar-refractivity contribution in [3.63, 3.8) is 0 Å². The molecule has 0 aromatic rings. The van der Waals surface area contributed by atoms with Crippen LogP contribution in [-0.4, -0.2) is 57.1 Å². The fraction of sp³-hybridized carbons (Fsp3) is 0.800. The summed E-state index contributed by atoms with van der Waals surface area (Å²) in [5.41, 5.74) is 0. The number of hydrogen-bond donors (Lipinski definition) is 3. The first-order valence-corrected chi connectivity index (χ1v) is 5.85. The van der Waals surface area contributed by atoms with Crippen LogP contribution in [0.4, 0.5) is 0 Å². The maximum absolute atomic E-state index is 11.7. The maximum atomic E-state index is 11.7. The van der Waals surface area contributed by atoms with Crippen LogP contribution in [-0.2, 0) is 19.1 Å². The molecule has 0 spiro atoms. The number of ether oxygens (including phenoxy) is 2. The lowest BCUT2D eigenvalue weighted by molar-refractivity contribution is -0.128. The number of carbonyl (C=O) groups is 2. The molecule has 0 bridgehead atoms.